The number of ether oxygens (including phenoxy) is 1. The van der Waals surface area contributed by atoms with Crippen molar-refractivity contribution in [2.45, 2.75) is 6.54 Å². The summed E-state index contributed by atoms with van der Waals surface area (Å²) in [6.45, 7) is 2.95. The number of nitrogens with zero attached hydrogens (tertiary/aromatic N) is 5. The van der Waals surface area contributed by atoms with Gasteiger partial charge in [-0.2, -0.15) is 0 Å². The van der Waals surface area contributed by atoms with E-state index in [1.807, 2.05) is 6.07 Å². The molecule has 1 saturated heterocycles. The van der Waals surface area contributed by atoms with Crippen LogP contribution in [-0.2, 0) is 6.54 Å². The molecule has 1 aromatic carbocycles. The van der Waals surface area contributed by atoms with E-state index in [2.05, 4.69) is 25.2 Å². The van der Waals surface area contributed by atoms with Gasteiger partial charge in [-0.3, -0.25) is 0 Å². The fourth-order valence-electron chi connectivity index (χ4n) is 3.05. The highest BCUT2D eigenvalue weighted by Gasteiger charge is 2.22. The Morgan fingerprint density at radius 1 is 1.00 bits per heavy atom. The number of rotatable bonds is 5. The number of hydrogen-bond acceptors (Lipinski definition) is 6. The van der Waals surface area contributed by atoms with Gasteiger partial charge in [0, 0.05) is 57.4 Å². The Balaban J connectivity index is 1.23. The molecule has 30 heavy (non-hydrogen) atoms. The summed E-state index contributed by atoms with van der Waals surface area (Å²) in [6, 6.07) is 10.9. The summed E-state index contributed by atoms with van der Waals surface area (Å²) in [5, 5.41) is 2.91. The Hall–Kier alpha value is -3.75. The molecule has 0 aliphatic carbocycles. The van der Waals surface area contributed by atoms with E-state index in [4.69, 9.17) is 4.74 Å². The van der Waals surface area contributed by atoms with Gasteiger partial charge in [-0.15, -0.1) is 0 Å². The molecule has 2 aromatic heterocycles. The van der Waals surface area contributed by atoms with Crippen LogP contribution in [0.3, 0.4) is 0 Å². The minimum atomic E-state index is -0.323. The molecule has 2 amide bonds. The van der Waals surface area contributed by atoms with Crippen LogP contribution in [0.15, 0.2) is 61.1 Å². The van der Waals surface area contributed by atoms with Crippen LogP contribution >= 0.6 is 0 Å². The van der Waals surface area contributed by atoms with Crippen molar-refractivity contribution < 1.29 is 13.9 Å². The summed E-state index contributed by atoms with van der Waals surface area (Å²) in [5.41, 5.74) is 0.853. The lowest BCUT2D eigenvalue weighted by molar-refractivity contribution is 0.193. The number of hydrogen-bond donors (Lipinski definition) is 1. The molecule has 3 heterocycles. The minimum absolute atomic E-state index is 0.115. The molecule has 0 radical (unpaired) electrons. The van der Waals surface area contributed by atoms with Crippen LogP contribution in [0.4, 0.5) is 15.1 Å². The molecule has 154 valence electrons. The Bertz CT molecular complexity index is 961. The Kier molecular flexibility index (Phi) is 5.98. The van der Waals surface area contributed by atoms with Gasteiger partial charge in [-0.1, -0.05) is 6.07 Å². The zero-order valence-electron chi connectivity index (χ0n) is 16.2. The lowest BCUT2D eigenvalue weighted by Gasteiger charge is -2.34. The molecule has 8 nitrogen and oxygen atoms in total. The van der Waals surface area contributed by atoms with Crippen LogP contribution in [0.1, 0.15) is 5.56 Å². The fourth-order valence-corrected chi connectivity index (χ4v) is 3.05. The van der Waals surface area contributed by atoms with Crippen molar-refractivity contribution >= 4 is 12.0 Å². The smallest absolute Gasteiger partial charge is 0.317 e. The number of benzene rings is 1. The van der Waals surface area contributed by atoms with Crippen molar-refractivity contribution in [3.63, 3.8) is 0 Å². The second-order valence-corrected chi connectivity index (χ2v) is 6.74. The summed E-state index contributed by atoms with van der Waals surface area (Å²) >= 11 is 0. The van der Waals surface area contributed by atoms with Gasteiger partial charge in [0.05, 0.1) is 0 Å². The SMILES string of the molecule is O=C(NCc1ccc(Oc2ccc(F)cc2)nc1)N1CCN(c2ncccn2)CC1. The van der Waals surface area contributed by atoms with Gasteiger partial charge in [-0.05, 0) is 35.9 Å². The van der Waals surface area contributed by atoms with E-state index in [0.717, 1.165) is 5.56 Å². The molecule has 0 spiro atoms. The summed E-state index contributed by atoms with van der Waals surface area (Å²) < 4.78 is 18.5. The number of piperazine rings is 1. The van der Waals surface area contributed by atoms with Gasteiger partial charge >= 0.3 is 6.03 Å². The highest BCUT2D eigenvalue weighted by Crippen LogP contribution is 2.19. The average Bonchev–Trinajstić information content (AvgIpc) is 2.80. The minimum Gasteiger partial charge on any atom is -0.439 e. The van der Waals surface area contributed by atoms with Crippen LogP contribution in [-0.4, -0.2) is 52.1 Å². The topological polar surface area (TPSA) is 83.5 Å². The first-order valence-corrected chi connectivity index (χ1v) is 9.60. The Morgan fingerprint density at radius 2 is 1.73 bits per heavy atom. The van der Waals surface area contributed by atoms with E-state index in [-0.39, 0.29) is 11.8 Å². The second-order valence-electron chi connectivity index (χ2n) is 6.74. The number of carbonyl (C=O) groups excluding carboxylic acids is 1. The van der Waals surface area contributed by atoms with E-state index in [1.54, 1.807) is 35.6 Å². The third kappa shape index (κ3) is 4.99. The number of amides is 2. The van der Waals surface area contributed by atoms with Gasteiger partial charge in [0.15, 0.2) is 0 Å². The lowest BCUT2D eigenvalue weighted by atomic mass is 10.3. The molecule has 1 aliphatic rings. The average molecular weight is 408 g/mol. The highest BCUT2D eigenvalue weighted by molar-refractivity contribution is 5.74. The highest BCUT2D eigenvalue weighted by atomic mass is 19.1. The van der Waals surface area contributed by atoms with Crippen LogP contribution in [0.25, 0.3) is 0 Å². The van der Waals surface area contributed by atoms with Crippen molar-refractivity contribution in [2.24, 2.45) is 0 Å². The molecule has 1 fully saturated rings. The summed E-state index contributed by atoms with van der Waals surface area (Å²) in [4.78, 5) is 29.0. The van der Waals surface area contributed by atoms with E-state index in [0.29, 0.717) is 50.3 Å². The standard InChI is InChI=1S/C21H21FN6O2/c22-17-3-5-18(6-4-17)30-19-7-2-16(14-25-19)15-26-21(29)28-12-10-27(11-13-28)20-23-8-1-9-24-20/h1-9,14H,10-13,15H2,(H,26,29). The Labute approximate surface area is 173 Å². The van der Waals surface area contributed by atoms with Crippen molar-refractivity contribution in [2.75, 3.05) is 31.1 Å². The fraction of sp³-hybridized carbons (Fsp3) is 0.238. The molecular formula is C21H21FN6O2. The predicted molar refractivity (Wildman–Crippen MR) is 109 cm³/mol. The van der Waals surface area contributed by atoms with Crippen LogP contribution in [0.2, 0.25) is 0 Å². The first kappa shape index (κ1) is 19.6. The third-order valence-corrected chi connectivity index (χ3v) is 4.68. The predicted octanol–water partition coefficient (Wildman–Crippen LogP) is 2.83. The molecule has 0 bridgehead atoms. The molecule has 3 aromatic rings. The Morgan fingerprint density at radius 3 is 2.40 bits per heavy atom. The zero-order valence-corrected chi connectivity index (χ0v) is 16.2. The maximum absolute atomic E-state index is 12.9. The number of carbonyl (C=O) groups is 1. The molecule has 9 heteroatoms. The first-order valence-electron chi connectivity index (χ1n) is 9.60. The summed E-state index contributed by atoms with van der Waals surface area (Å²) in [5.74, 6) is 1.27. The van der Waals surface area contributed by atoms with E-state index in [9.17, 15) is 9.18 Å². The number of urea groups is 1. The molecular weight excluding hydrogens is 387 g/mol. The summed E-state index contributed by atoms with van der Waals surface area (Å²) in [7, 11) is 0. The van der Waals surface area contributed by atoms with Gasteiger partial charge in [0.2, 0.25) is 11.8 Å². The number of nitrogens with one attached hydrogen (secondary N) is 1. The van der Waals surface area contributed by atoms with Crippen LogP contribution in [0.5, 0.6) is 11.6 Å². The number of pyridine rings is 1. The van der Waals surface area contributed by atoms with Crippen molar-refractivity contribution in [3.8, 4) is 11.6 Å². The molecule has 0 saturated carbocycles. The van der Waals surface area contributed by atoms with Gasteiger partial charge < -0.3 is 19.9 Å². The van der Waals surface area contributed by atoms with Crippen molar-refractivity contribution in [1.82, 2.24) is 25.2 Å². The molecule has 1 N–H and O–H groups in total. The number of anilines is 1. The van der Waals surface area contributed by atoms with Crippen molar-refractivity contribution in [3.05, 3.63) is 72.4 Å². The first-order chi connectivity index (χ1) is 14.7. The van der Waals surface area contributed by atoms with E-state index < -0.39 is 0 Å². The maximum atomic E-state index is 12.9. The normalized spacial score (nSPS) is 13.8. The van der Waals surface area contributed by atoms with E-state index in [1.165, 1.54) is 24.3 Å². The molecule has 0 atom stereocenters. The number of halogens is 1. The summed E-state index contributed by atoms with van der Waals surface area (Å²) in [6.07, 6.45) is 5.07. The maximum Gasteiger partial charge on any atom is 0.317 e. The van der Waals surface area contributed by atoms with Crippen LogP contribution < -0.4 is 15.0 Å². The third-order valence-electron chi connectivity index (χ3n) is 4.68. The quantitative estimate of drug-likeness (QED) is 0.699. The van der Waals surface area contributed by atoms with Gasteiger partial charge in [0.25, 0.3) is 0 Å². The lowest BCUT2D eigenvalue weighted by Crippen LogP contribution is -2.52. The second kappa shape index (κ2) is 9.17. The van der Waals surface area contributed by atoms with Crippen LogP contribution in [0, 0.1) is 5.82 Å². The molecule has 4 rings (SSSR count). The largest absolute Gasteiger partial charge is 0.439 e. The van der Waals surface area contributed by atoms with Crippen molar-refractivity contribution in [1.29, 1.82) is 0 Å². The molecule has 0 unspecified atom stereocenters. The monoisotopic (exact) mass is 408 g/mol. The van der Waals surface area contributed by atoms with Gasteiger partial charge in [-0.25, -0.2) is 24.1 Å². The zero-order chi connectivity index (χ0) is 20.8. The van der Waals surface area contributed by atoms with E-state index >= 15 is 0 Å². The molecule has 1 aliphatic heterocycles. The van der Waals surface area contributed by atoms with Gasteiger partial charge in [0.1, 0.15) is 11.6 Å². The number of aromatic nitrogens is 3.